The molecule has 3 aromatic carbocycles. The Morgan fingerprint density at radius 2 is 1.72 bits per heavy atom. The van der Waals surface area contributed by atoms with Crippen LogP contribution in [-0.4, -0.2) is 15.5 Å². The van der Waals surface area contributed by atoms with Crippen LogP contribution in [0.1, 0.15) is 34.0 Å². The van der Waals surface area contributed by atoms with Gasteiger partial charge in [-0.2, -0.15) is 0 Å². The number of carbonyl (C=O) groups is 1. The SMILES string of the molecule is Cc1ccc(CNC(=O)N2Cc3ccccc3-n3cccc3[C@@H]2c2ccccc2Cl)cc1. The molecule has 0 saturated carbocycles. The Bertz CT molecular complexity index is 1260. The Hall–Kier alpha value is -3.50. The lowest BCUT2D eigenvalue weighted by molar-refractivity contribution is 0.180. The van der Waals surface area contributed by atoms with Gasteiger partial charge in [0, 0.05) is 17.8 Å². The largest absolute Gasteiger partial charge is 0.334 e. The molecule has 1 aliphatic rings. The molecule has 0 spiro atoms. The molecule has 0 radical (unpaired) electrons. The van der Waals surface area contributed by atoms with Gasteiger partial charge in [0.15, 0.2) is 0 Å². The van der Waals surface area contributed by atoms with Crippen LogP contribution < -0.4 is 5.32 Å². The first-order valence-electron chi connectivity index (χ1n) is 10.7. The van der Waals surface area contributed by atoms with Crippen molar-refractivity contribution in [2.75, 3.05) is 0 Å². The minimum Gasteiger partial charge on any atom is -0.334 e. The minimum atomic E-state index is -0.316. The number of carbonyl (C=O) groups excluding carboxylic acids is 1. The number of para-hydroxylation sites is 1. The summed E-state index contributed by atoms with van der Waals surface area (Å²) in [5, 5.41) is 3.77. The van der Waals surface area contributed by atoms with Crippen molar-refractivity contribution in [3.8, 4) is 5.69 Å². The van der Waals surface area contributed by atoms with Crippen LogP contribution in [0.3, 0.4) is 0 Å². The second kappa shape index (κ2) is 8.56. The summed E-state index contributed by atoms with van der Waals surface area (Å²) in [4.78, 5) is 15.5. The fraction of sp³-hybridized carbons (Fsp3) is 0.148. The topological polar surface area (TPSA) is 37.3 Å². The lowest BCUT2D eigenvalue weighted by atomic mass is 10.0. The molecular weight excluding hydrogens is 418 g/mol. The molecule has 0 aliphatic carbocycles. The van der Waals surface area contributed by atoms with Crippen molar-refractivity contribution < 1.29 is 4.79 Å². The summed E-state index contributed by atoms with van der Waals surface area (Å²) in [5.41, 5.74) is 6.35. The molecule has 1 aromatic heterocycles. The fourth-order valence-corrected chi connectivity index (χ4v) is 4.59. The van der Waals surface area contributed by atoms with Gasteiger partial charge in [-0.05, 0) is 47.9 Å². The van der Waals surface area contributed by atoms with E-state index in [9.17, 15) is 4.79 Å². The standard InChI is InChI=1S/C27H24ClN3O/c1-19-12-14-20(15-13-19)17-29-27(32)31-18-21-7-2-5-10-24(21)30-16-6-11-25(30)26(31)22-8-3-4-9-23(22)28/h2-16,26H,17-18H2,1H3,(H,29,32)/t26-/m0/s1. The highest BCUT2D eigenvalue weighted by Crippen LogP contribution is 2.39. The number of hydrogen-bond donors (Lipinski definition) is 1. The van der Waals surface area contributed by atoms with E-state index in [1.54, 1.807) is 0 Å². The summed E-state index contributed by atoms with van der Waals surface area (Å²) in [6.45, 7) is 3.00. The second-order valence-corrected chi connectivity index (χ2v) is 8.54. The van der Waals surface area contributed by atoms with E-state index in [1.807, 2.05) is 65.7 Å². The third-order valence-corrected chi connectivity index (χ3v) is 6.33. The Balaban J connectivity index is 1.56. The van der Waals surface area contributed by atoms with Gasteiger partial charge in [-0.3, -0.25) is 0 Å². The van der Waals surface area contributed by atoms with Gasteiger partial charge in [-0.15, -0.1) is 0 Å². The Morgan fingerprint density at radius 3 is 2.53 bits per heavy atom. The van der Waals surface area contributed by atoms with E-state index in [2.05, 4.69) is 47.1 Å². The number of rotatable bonds is 3. The van der Waals surface area contributed by atoms with Gasteiger partial charge in [0.25, 0.3) is 0 Å². The predicted molar refractivity (Wildman–Crippen MR) is 128 cm³/mol. The zero-order valence-electron chi connectivity index (χ0n) is 17.8. The van der Waals surface area contributed by atoms with Crippen molar-refractivity contribution in [3.63, 3.8) is 0 Å². The molecule has 5 rings (SSSR count). The van der Waals surface area contributed by atoms with Gasteiger partial charge >= 0.3 is 6.03 Å². The molecule has 2 amide bonds. The number of halogens is 1. The third-order valence-electron chi connectivity index (χ3n) is 5.99. The number of aromatic nitrogens is 1. The quantitative estimate of drug-likeness (QED) is 0.400. The van der Waals surface area contributed by atoms with Crippen molar-refractivity contribution in [2.45, 2.75) is 26.1 Å². The number of urea groups is 1. The van der Waals surface area contributed by atoms with E-state index < -0.39 is 0 Å². The van der Waals surface area contributed by atoms with Crippen molar-refractivity contribution in [2.24, 2.45) is 0 Å². The van der Waals surface area contributed by atoms with Gasteiger partial charge in [0.05, 0.1) is 17.9 Å². The van der Waals surface area contributed by atoms with Crippen molar-refractivity contribution >= 4 is 17.6 Å². The molecule has 0 unspecified atom stereocenters. The molecule has 1 aliphatic heterocycles. The molecule has 0 saturated heterocycles. The molecule has 0 bridgehead atoms. The zero-order chi connectivity index (χ0) is 22.1. The maximum absolute atomic E-state index is 13.6. The molecule has 1 atom stereocenters. The minimum absolute atomic E-state index is 0.125. The van der Waals surface area contributed by atoms with E-state index in [4.69, 9.17) is 11.6 Å². The monoisotopic (exact) mass is 441 g/mol. The van der Waals surface area contributed by atoms with Crippen LogP contribution >= 0.6 is 11.6 Å². The van der Waals surface area contributed by atoms with Gasteiger partial charge in [-0.1, -0.05) is 77.8 Å². The molecule has 160 valence electrons. The van der Waals surface area contributed by atoms with Crippen LogP contribution in [0.2, 0.25) is 5.02 Å². The summed E-state index contributed by atoms with van der Waals surface area (Å²) in [6, 6.07) is 27.8. The molecule has 1 N–H and O–H groups in total. The highest BCUT2D eigenvalue weighted by Gasteiger charge is 2.33. The fourth-order valence-electron chi connectivity index (χ4n) is 4.35. The van der Waals surface area contributed by atoms with E-state index in [0.717, 1.165) is 28.1 Å². The second-order valence-electron chi connectivity index (χ2n) is 8.13. The average molecular weight is 442 g/mol. The van der Waals surface area contributed by atoms with E-state index in [0.29, 0.717) is 18.1 Å². The lowest BCUT2D eigenvalue weighted by Crippen LogP contribution is -2.41. The van der Waals surface area contributed by atoms with Gasteiger partial charge in [0.1, 0.15) is 6.04 Å². The first-order chi connectivity index (χ1) is 15.6. The zero-order valence-corrected chi connectivity index (χ0v) is 18.6. The van der Waals surface area contributed by atoms with E-state index >= 15 is 0 Å². The number of nitrogens with zero attached hydrogens (tertiary/aromatic N) is 2. The number of benzene rings is 3. The molecule has 32 heavy (non-hydrogen) atoms. The maximum atomic E-state index is 13.6. The summed E-state index contributed by atoms with van der Waals surface area (Å²) in [7, 11) is 0. The highest BCUT2D eigenvalue weighted by molar-refractivity contribution is 6.31. The Morgan fingerprint density at radius 1 is 0.969 bits per heavy atom. The number of fused-ring (bicyclic) bond motifs is 3. The van der Waals surface area contributed by atoms with Gasteiger partial charge in [0.2, 0.25) is 0 Å². The van der Waals surface area contributed by atoms with E-state index in [-0.39, 0.29) is 12.1 Å². The van der Waals surface area contributed by atoms with Crippen LogP contribution in [0.15, 0.2) is 91.1 Å². The van der Waals surface area contributed by atoms with Crippen molar-refractivity contribution in [1.82, 2.24) is 14.8 Å². The molecular formula is C27H24ClN3O. The molecule has 4 nitrogen and oxygen atoms in total. The van der Waals surface area contributed by atoms with Gasteiger partial charge < -0.3 is 14.8 Å². The highest BCUT2D eigenvalue weighted by atomic mass is 35.5. The van der Waals surface area contributed by atoms with Crippen LogP contribution in [0.5, 0.6) is 0 Å². The van der Waals surface area contributed by atoms with Crippen LogP contribution in [0, 0.1) is 6.92 Å². The van der Waals surface area contributed by atoms with E-state index in [1.165, 1.54) is 5.56 Å². The third kappa shape index (κ3) is 3.78. The van der Waals surface area contributed by atoms with Crippen LogP contribution in [0.4, 0.5) is 4.79 Å². The number of amides is 2. The summed E-state index contributed by atoms with van der Waals surface area (Å²) < 4.78 is 2.16. The summed E-state index contributed by atoms with van der Waals surface area (Å²) >= 11 is 6.65. The molecule has 0 fully saturated rings. The Kier molecular flexibility index (Phi) is 5.46. The maximum Gasteiger partial charge on any atom is 0.318 e. The first kappa shape index (κ1) is 20.4. The molecule has 4 aromatic rings. The lowest BCUT2D eigenvalue weighted by Gasteiger charge is -2.31. The van der Waals surface area contributed by atoms with Crippen molar-refractivity contribution in [3.05, 3.63) is 124 Å². The van der Waals surface area contributed by atoms with Crippen LogP contribution in [0.25, 0.3) is 5.69 Å². The predicted octanol–water partition coefficient (Wildman–Crippen LogP) is 6.25. The summed E-state index contributed by atoms with van der Waals surface area (Å²) in [6.07, 6.45) is 2.05. The first-order valence-corrected chi connectivity index (χ1v) is 11.1. The number of hydrogen-bond acceptors (Lipinski definition) is 1. The molecule has 2 heterocycles. The van der Waals surface area contributed by atoms with Crippen molar-refractivity contribution in [1.29, 1.82) is 0 Å². The van der Waals surface area contributed by atoms with Crippen LogP contribution in [-0.2, 0) is 13.1 Å². The average Bonchev–Trinajstić information content (AvgIpc) is 3.24. The van der Waals surface area contributed by atoms with Gasteiger partial charge in [-0.25, -0.2) is 4.79 Å². The summed E-state index contributed by atoms with van der Waals surface area (Å²) in [5.74, 6) is 0. The molecule has 5 heteroatoms. The number of aryl methyl sites for hydroxylation is 1. The number of nitrogens with one attached hydrogen (secondary N) is 1. The normalized spacial score (nSPS) is 14.9. The Labute approximate surface area is 193 Å². The smallest absolute Gasteiger partial charge is 0.318 e.